The highest BCUT2D eigenvalue weighted by molar-refractivity contribution is 7.82. The van der Waals surface area contributed by atoms with Gasteiger partial charge < -0.3 is 15.0 Å². The quantitative estimate of drug-likeness (QED) is 0.540. The highest BCUT2D eigenvalue weighted by atomic mass is 32.1. The number of carbonyl (C=O) groups excluding carboxylic acids is 2. The van der Waals surface area contributed by atoms with Gasteiger partial charge in [0.1, 0.15) is 6.61 Å². The standard InChI is InChI=1S/C21H26N2O3S/c1-21(27,15-16-8-5-4-6-9-16)20(25)22-18-11-7-10-17(14-18)19(24)26-13-12-23(2)3/h4-11,14,27H,12-13,15H2,1-3H3,(H,22,25). The zero-order chi connectivity index (χ0) is 19.9. The minimum atomic E-state index is -0.885. The summed E-state index contributed by atoms with van der Waals surface area (Å²) in [6.07, 6.45) is 0.495. The van der Waals surface area contributed by atoms with Crippen molar-refractivity contribution >= 4 is 30.2 Å². The van der Waals surface area contributed by atoms with Crippen LogP contribution >= 0.6 is 12.6 Å². The smallest absolute Gasteiger partial charge is 0.338 e. The van der Waals surface area contributed by atoms with Crippen molar-refractivity contribution in [2.75, 3.05) is 32.6 Å². The third-order valence-corrected chi connectivity index (χ3v) is 4.37. The summed E-state index contributed by atoms with van der Waals surface area (Å²) < 4.78 is 4.35. The average Bonchev–Trinajstić information content (AvgIpc) is 2.62. The van der Waals surface area contributed by atoms with E-state index in [2.05, 4.69) is 17.9 Å². The average molecular weight is 387 g/mol. The number of hydrogen-bond donors (Lipinski definition) is 2. The summed E-state index contributed by atoms with van der Waals surface area (Å²) in [5.41, 5.74) is 1.97. The summed E-state index contributed by atoms with van der Waals surface area (Å²) in [6.45, 7) is 2.74. The van der Waals surface area contributed by atoms with E-state index in [9.17, 15) is 9.59 Å². The fraction of sp³-hybridized carbons (Fsp3) is 0.333. The molecule has 0 saturated carbocycles. The van der Waals surface area contributed by atoms with Gasteiger partial charge in [0.15, 0.2) is 0 Å². The Labute approximate surface area is 166 Å². The van der Waals surface area contributed by atoms with Crippen LogP contribution in [0.2, 0.25) is 0 Å². The van der Waals surface area contributed by atoms with Crippen LogP contribution in [0.3, 0.4) is 0 Å². The third kappa shape index (κ3) is 6.73. The maximum absolute atomic E-state index is 12.7. The van der Waals surface area contributed by atoms with Crippen LogP contribution in [0.1, 0.15) is 22.8 Å². The van der Waals surface area contributed by atoms with Crippen LogP contribution in [0.5, 0.6) is 0 Å². The Kier molecular flexibility index (Phi) is 7.45. The third-order valence-electron chi connectivity index (χ3n) is 4.01. The highest BCUT2D eigenvalue weighted by Gasteiger charge is 2.29. The Morgan fingerprint density at radius 2 is 1.81 bits per heavy atom. The maximum atomic E-state index is 12.7. The van der Waals surface area contributed by atoms with E-state index in [0.717, 1.165) is 5.56 Å². The van der Waals surface area contributed by atoms with Gasteiger partial charge >= 0.3 is 5.97 Å². The molecule has 0 radical (unpaired) electrons. The van der Waals surface area contributed by atoms with Crippen molar-refractivity contribution in [3.63, 3.8) is 0 Å². The van der Waals surface area contributed by atoms with E-state index in [1.54, 1.807) is 31.2 Å². The highest BCUT2D eigenvalue weighted by Crippen LogP contribution is 2.23. The number of esters is 1. The van der Waals surface area contributed by atoms with Crippen molar-refractivity contribution in [2.24, 2.45) is 0 Å². The van der Waals surface area contributed by atoms with Crippen molar-refractivity contribution in [3.8, 4) is 0 Å². The summed E-state index contributed by atoms with van der Waals surface area (Å²) in [4.78, 5) is 26.7. The van der Waals surface area contributed by atoms with Gasteiger partial charge in [-0.25, -0.2) is 4.79 Å². The van der Waals surface area contributed by atoms with E-state index < -0.39 is 10.7 Å². The summed E-state index contributed by atoms with van der Waals surface area (Å²) in [6, 6.07) is 16.5. The number of ether oxygens (including phenoxy) is 1. The molecule has 6 heteroatoms. The number of hydrogen-bond acceptors (Lipinski definition) is 5. The van der Waals surface area contributed by atoms with Gasteiger partial charge in [-0.15, -0.1) is 0 Å². The lowest BCUT2D eigenvalue weighted by Gasteiger charge is -2.23. The zero-order valence-corrected chi connectivity index (χ0v) is 16.8. The van der Waals surface area contributed by atoms with Crippen LogP contribution in [0.4, 0.5) is 5.69 Å². The first-order valence-electron chi connectivity index (χ1n) is 8.77. The molecule has 5 nitrogen and oxygen atoms in total. The molecule has 144 valence electrons. The SMILES string of the molecule is CN(C)CCOC(=O)c1cccc(NC(=O)C(C)(S)Cc2ccccc2)c1. The number of likely N-dealkylation sites (N-methyl/N-ethyl adjacent to an activating group) is 1. The Morgan fingerprint density at radius 3 is 2.48 bits per heavy atom. The second kappa shape index (κ2) is 9.58. The number of nitrogens with one attached hydrogen (secondary N) is 1. The van der Waals surface area contributed by atoms with Gasteiger partial charge in [0.05, 0.1) is 10.3 Å². The second-order valence-electron chi connectivity index (χ2n) is 6.91. The predicted octanol–water partition coefficient (Wildman–Crippen LogP) is 3.27. The molecule has 0 aliphatic carbocycles. The molecule has 1 amide bonds. The molecule has 2 rings (SSSR count). The Morgan fingerprint density at radius 1 is 1.11 bits per heavy atom. The first kappa shape index (κ1) is 21.0. The van der Waals surface area contributed by atoms with E-state index >= 15 is 0 Å². The van der Waals surface area contributed by atoms with Crippen LogP contribution in [-0.4, -0.2) is 48.8 Å². The normalized spacial score (nSPS) is 13.1. The van der Waals surface area contributed by atoms with Gasteiger partial charge in [0.2, 0.25) is 5.91 Å². The van der Waals surface area contributed by atoms with Crippen LogP contribution in [0, 0.1) is 0 Å². The van der Waals surface area contributed by atoms with Gasteiger partial charge in [-0.1, -0.05) is 36.4 Å². The van der Waals surface area contributed by atoms with Crippen molar-refractivity contribution in [2.45, 2.75) is 18.1 Å². The molecule has 0 aromatic heterocycles. The molecule has 0 spiro atoms. The number of thiol groups is 1. The molecule has 2 aromatic rings. The topological polar surface area (TPSA) is 58.6 Å². The van der Waals surface area contributed by atoms with E-state index in [4.69, 9.17) is 4.74 Å². The Hall–Kier alpha value is -2.31. The summed E-state index contributed by atoms with van der Waals surface area (Å²) >= 11 is 4.55. The molecule has 0 aliphatic rings. The number of benzene rings is 2. The van der Waals surface area contributed by atoms with E-state index in [-0.39, 0.29) is 5.91 Å². The maximum Gasteiger partial charge on any atom is 0.338 e. The molecule has 1 unspecified atom stereocenters. The molecular weight excluding hydrogens is 360 g/mol. The lowest BCUT2D eigenvalue weighted by molar-refractivity contribution is -0.118. The number of nitrogens with zero attached hydrogens (tertiary/aromatic N) is 1. The largest absolute Gasteiger partial charge is 0.461 e. The van der Waals surface area contributed by atoms with Gasteiger partial charge in [-0.2, -0.15) is 12.6 Å². The van der Waals surface area contributed by atoms with Crippen molar-refractivity contribution in [1.82, 2.24) is 4.90 Å². The van der Waals surface area contributed by atoms with Crippen molar-refractivity contribution in [1.29, 1.82) is 0 Å². The van der Waals surface area contributed by atoms with Gasteiger partial charge in [0, 0.05) is 12.2 Å². The Balaban J connectivity index is 2.00. The lowest BCUT2D eigenvalue weighted by atomic mass is 9.99. The minimum absolute atomic E-state index is 0.229. The summed E-state index contributed by atoms with van der Waals surface area (Å²) in [5.74, 6) is -0.640. The van der Waals surface area contributed by atoms with Crippen LogP contribution < -0.4 is 5.32 Å². The second-order valence-corrected chi connectivity index (χ2v) is 7.90. The molecule has 0 bridgehead atoms. The lowest BCUT2D eigenvalue weighted by Crippen LogP contribution is -2.37. The molecule has 1 atom stereocenters. The van der Waals surface area contributed by atoms with E-state index in [0.29, 0.717) is 30.8 Å². The van der Waals surface area contributed by atoms with Gasteiger partial charge in [0.25, 0.3) is 0 Å². The zero-order valence-electron chi connectivity index (χ0n) is 15.9. The molecule has 0 aliphatic heterocycles. The van der Waals surface area contributed by atoms with E-state index in [1.807, 2.05) is 49.3 Å². The molecule has 27 heavy (non-hydrogen) atoms. The van der Waals surface area contributed by atoms with Crippen molar-refractivity contribution < 1.29 is 14.3 Å². The molecule has 1 N–H and O–H groups in total. The Bertz CT molecular complexity index is 776. The van der Waals surface area contributed by atoms with Crippen molar-refractivity contribution in [3.05, 3.63) is 65.7 Å². The van der Waals surface area contributed by atoms with Gasteiger partial charge in [-0.05, 0) is 51.2 Å². The number of rotatable bonds is 8. The van der Waals surface area contributed by atoms with Gasteiger partial charge in [-0.3, -0.25) is 4.79 Å². The molecule has 0 heterocycles. The monoisotopic (exact) mass is 386 g/mol. The first-order chi connectivity index (χ1) is 12.8. The number of carbonyl (C=O) groups is 2. The first-order valence-corrected chi connectivity index (χ1v) is 9.22. The fourth-order valence-electron chi connectivity index (χ4n) is 2.47. The van der Waals surface area contributed by atoms with E-state index in [1.165, 1.54) is 0 Å². The predicted molar refractivity (Wildman–Crippen MR) is 111 cm³/mol. The number of amides is 1. The molecule has 2 aromatic carbocycles. The molecule has 0 fully saturated rings. The molecule has 0 saturated heterocycles. The summed E-state index contributed by atoms with van der Waals surface area (Å²) in [7, 11) is 3.82. The molecular formula is C21H26N2O3S. The summed E-state index contributed by atoms with van der Waals surface area (Å²) in [5, 5.41) is 2.84. The fourth-order valence-corrected chi connectivity index (χ4v) is 2.71. The van der Waals surface area contributed by atoms with Crippen LogP contribution in [-0.2, 0) is 16.0 Å². The van der Waals surface area contributed by atoms with Crippen LogP contribution in [0.15, 0.2) is 54.6 Å². The van der Waals surface area contributed by atoms with Crippen LogP contribution in [0.25, 0.3) is 0 Å². The number of anilines is 1. The minimum Gasteiger partial charge on any atom is -0.461 e.